The summed E-state index contributed by atoms with van der Waals surface area (Å²) in [6, 6.07) is -0.644. The fourth-order valence-electron chi connectivity index (χ4n) is 7.20. The highest BCUT2D eigenvalue weighted by molar-refractivity contribution is 5.76. The molecule has 4 nitrogen and oxygen atoms in total. The Balaban J connectivity index is 3.56. The third kappa shape index (κ3) is 46.4. The number of allylic oxidation sites excluding steroid dienone is 15. The normalized spacial score (nSPS) is 13.7. The van der Waals surface area contributed by atoms with Gasteiger partial charge in [0, 0.05) is 6.42 Å². The molecule has 0 aromatic rings. The topological polar surface area (TPSA) is 69.6 Å². The Labute approximate surface area is 373 Å². The number of carbonyl (C=O) groups excluding carboxylic acids is 1. The number of nitrogens with one attached hydrogen (secondary N) is 1. The minimum absolute atomic E-state index is 0.0780. The van der Waals surface area contributed by atoms with Gasteiger partial charge in [-0.1, -0.05) is 239 Å². The number of hydrogen-bond donors (Lipinski definition) is 3. The number of carbonyl (C=O) groups is 1. The van der Waals surface area contributed by atoms with Gasteiger partial charge in [0.05, 0.1) is 18.8 Å². The number of aliphatic hydroxyl groups excluding tert-OH is 2. The predicted octanol–water partition coefficient (Wildman–Crippen LogP) is 16.6. The molecule has 0 aromatic heterocycles. The van der Waals surface area contributed by atoms with E-state index in [1.807, 2.05) is 6.08 Å². The van der Waals surface area contributed by atoms with E-state index < -0.39 is 12.1 Å². The minimum atomic E-state index is -0.866. The fourth-order valence-corrected chi connectivity index (χ4v) is 7.20. The average molecular weight is 832 g/mol. The first-order chi connectivity index (χ1) is 29.7. The van der Waals surface area contributed by atoms with Crippen LogP contribution in [0.15, 0.2) is 97.2 Å². The van der Waals surface area contributed by atoms with Gasteiger partial charge in [-0.3, -0.25) is 4.79 Å². The minimum Gasteiger partial charge on any atom is -0.394 e. The van der Waals surface area contributed by atoms with Crippen LogP contribution in [0.25, 0.3) is 0 Å². The summed E-state index contributed by atoms with van der Waals surface area (Å²) < 4.78 is 0. The van der Waals surface area contributed by atoms with E-state index in [1.165, 1.54) is 141 Å². The summed E-state index contributed by atoms with van der Waals surface area (Å²) >= 11 is 0. The molecule has 2 unspecified atom stereocenters. The first-order valence-electron chi connectivity index (χ1n) is 25.5. The van der Waals surface area contributed by atoms with Crippen LogP contribution in [0.4, 0.5) is 0 Å². The average Bonchev–Trinajstić information content (AvgIpc) is 3.25. The SMILES string of the molecule is CC/C=C\C/C=C\C/C=C\C/C=C\C/C=C\C/C=C\CCCCCCCCCCCCCCCCC(=O)NC(CO)C(O)/C=C/CC/C=C/CCCCCCCCCCC. The van der Waals surface area contributed by atoms with E-state index >= 15 is 0 Å². The highest BCUT2D eigenvalue weighted by Crippen LogP contribution is 2.15. The number of rotatable bonds is 45. The van der Waals surface area contributed by atoms with Crippen molar-refractivity contribution in [3.05, 3.63) is 97.2 Å². The van der Waals surface area contributed by atoms with E-state index in [1.54, 1.807) is 6.08 Å². The van der Waals surface area contributed by atoms with Crippen LogP contribution in [-0.2, 0) is 4.79 Å². The van der Waals surface area contributed by atoms with Crippen LogP contribution in [0.3, 0.4) is 0 Å². The predicted molar refractivity (Wildman–Crippen MR) is 266 cm³/mol. The van der Waals surface area contributed by atoms with Gasteiger partial charge in [-0.05, 0) is 83.5 Å². The number of unbranched alkanes of at least 4 members (excludes halogenated alkanes) is 24. The number of amides is 1. The molecule has 0 bridgehead atoms. The Hall–Kier alpha value is -2.69. The highest BCUT2D eigenvalue weighted by atomic mass is 16.3. The molecule has 2 atom stereocenters. The maximum absolute atomic E-state index is 12.4. The lowest BCUT2D eigenvalue weighted by Crippen LogP contribution is -2.45. The molecule has 344 valence electrons. The monoisotopic (exact) mass is 832 g/mol. The van der Waals surface area contributed by atoms with Gasteiger partial charge in [0.25, 0.3) is 0 Å². The van der Waals surface area contributed by atoms with Gasteiger partial charge in [0.15, 0.2) is 0 Å². The molecule has 0 aliphatic rings. The van der Waals surface area contributed by atoms with Crippen molar-refractivity contribution in [3.63, 3.8) is 0 Å². The number of aliphatic hydroxyl groups is 2. The molecule has 0 aliphatic heterocycles. The maximum atomic E-state index is 12.4. The van der Waals surface area contributed by atoms with Crippen LogP contribution < -0.4 is 5.32 Å². The Kier molecular flexibility index (Phi) is 48.4. The Morgan fingerprint density at radius 3 is 1.17 bits per heavy atom. The zero-order chi connectivity index (χ0) is 43.5. The first kappa shape index (κ1) is 57.3. The molecule has 1 amide bonds. The van der Waals surface area contributed by atoms with E-state index in [9.17, 15) is 15.0 Å². The second-order valence-electron chi connectivity index (χ2n) is 16.8. The molecule has 0 heterocycles. The zero-order valence-electron chi connectivity index (χ0n) is 39.4. The Bertz CT molecular complexity index is 1130. The molecule has 0 saturated heterocycles. The molecule has 0 aliphatic carbocycles. The first-order valence-corrected chi connectivity index (χ1v) is 25.5. The molecular formula is C56H97NO3. The summed E-state index contributed by atoms with van der Waals surface area (Å²) in [6.45, 7) is 4.17. The van der Waals surface area contributed by atoms with E-state index in [4.69, 9.17) is 0 Å². The Morgan fingerprint density at radius 1 is 0.417 bits per heavy atom. The van der Waals surface area contributed by atoms with Gasteiger partial charge < -0.3 is 15.5 Å². The summed E-state index contributed by atoms with van der Waals surface area (Å²) in [5.41, 5.74) is 0. The maximum Gasteiger partial charge on any atom is 0.220 e. The molecule has 0 rings (SSSR count). The molecule has 3 N–H and O–H groups in total. The fraction of sp³-hybridized carbons (Fsp3) is 0.696. The molecule has 0 radical (unpaired) electrons. The van der Waals surface area contributed by atoms with Crippen molar-refractivity contribution in [2.45, 2.75) is 244 Å². The van der Waals surface area contributed by atoms with Crippen LogP contribution in [-0.4, -0.2) is 34.9 Å². The van der Waals surface area contributed by atoms with Gasteiger partial charge in [0.1, 0.15) is 0 Å². The third-order valence-electron chi connectivity index (χ3n) is 11.1. The van der Waals surface area contributed by atoms with Crippen molar-refractivity contribution in [2.75, 3.05) is 6.61 Å². The van der Waals surface area contributed by atoms with E-state index in [0.717, 1.165) is 70.6 Å². The van der Waals surface area contributed by atoms with Crippen molar-refractivity contribution in [2.24, 2.45) is 0 Å². The van der Waals surface area contributed by atoms with E-state index in [0.29, 0.717) is 6.42 Å². The summed E-state index contributed by atoms with van der Waals surface area (Å²) in [6.07, 6.45) is 75.4. The second kappa shape index (κ2) is 50.7. The standard InChI is InChI=1S/C56H97NO3/c1-3-5-7-9-11-13-15-17-19-20-21-22-23-24-25-26-27-28-29-30-31-32-33-34-35-36-38-40-42-44-46-48-50-52-56(60)57-54(53-58)55(59)51-49-47-45-43-41-39-37-18-16-14-12-10-8-6-4-2/h5,7,11,13,17,19,21-22,24-25,27-28,41,43,49,51,54-55,58-59H,3-4,6,8-10,12,14-16,18,20,23,26,29-40,42,44-48,50,52-53H2,1-2H3,(H,57,60)/b7-5-,13-11-,19-17-,22-21-,25-24-,28-27-,43-41+,51-49+. The molecule has 0 fully saturated rings. The van der Waals surface area contributed by atoms with Gasteiger partial charge in [0.2, 0.25) is 5.91 Å². The van der Waals surface area contributed by atoms with E-state index in [2.05, 4.69) is 104 Å². The van der Waals surface area contributed by atoms with Crippen LogP contribution >= 0.6 is 0 Å². The largest absolute Gasteiger partial charge is 0.394 e. The lowest BCUT2D eigenvalue weighted by Gasteiger charge is -2.19. The van der Waals surface area contributed by atoms with Gasteiger partial charge in [-0.2, -0.15) is 0 Å². The molecule has 60 heavy (non-hydrogen) atoms. The smallest absolute Gasteiger partial charge is 0.220 e. The van der Waals surface area contributed by atoms with Gasteiger partial charge in [-0.15, -0.1) is 0 Å². The lowest BCUT2D eigenvalue weighted by molar-refractivity contribution is -0.123. The van der Waals surface area contributed by atoms with Gasteiger partial charge >= 0.3 is 0 Å². The zero-order valence-corrected chi connectivity index (χ0v) is 39.4. The van der Waals surface area contributed by atoms with Gasteiger partial charge in [-0.25, -0.2) is 0 Å². The Morgan fingerprint density at radius 2 is 0.750 bits per heavy atom. The molecule has 0 saturated carbocycles. The molecule has 0 aromatic carbocycles. The van der Waals surface area contributed by atoms with Crippen LogP contribution in [0, 0.1) is 0 Å². The quantitative estimate of drug-likeness (QED) is 0.0423. The van der Waals surface area contributed by atoms with Crippen LogP contribution in [0.2, 0.25) is 0 Å². The summed E-state index contributed by atoms with van der Waals surface area (Å²) in [4.78, 5) is 12.4. The van der Waals surface area contributed by atoms with Crippen LogP contribution in [0.1, 0.15) is 232 Å². The van der Waals surface area contributed by atoms with E-state index in [-0.39, 0.29) is 12.5 Å². The number of hydrogen-bond acceptors (Lipinski definition) is 3. The molecular weight excluding hydrogens is 735 g/mol. The summed E-state index contributed by atoms with van der Waals surface area (Å²) in [5.74, 6) is -0.0780. The molecule has 4 heteroatoms. The molecule has 0 spiro atoms. The van der Waals surface area contributed by atoms with Crippen LogP contribution in [0.5, 0.6) is 0 Å². The van der Waals surface area contributed by atoms with Crippen molar-refractivity contribution in [1.82, 2.24) is 5.32 Å². The van der Waals surface area contributed by atoms with Crippen molar-refractivity contribution < 1.29 is 15.0 Å². The summed E-state index contributed by atoms with van der Waals surface area (Å²) in [5, 5.41) is 23.0. The lowest BCUT2D eigenvalue weighted by atomic mass is 10.0. The van der Waals surface area contributed by atoms with Crippen molar-refractivity contribution in [1.29, 1.82) is 0 Å². The van der Waals surface area contributed by atoms with Crippen molar-refractivity contribution in [3.8, 4) is 0 Å². The third-order valence-corrected chi connectivity index (χ3v) is 11.1. The summed E-state index contributed by atoms with van der Waals surface area (Å²) in [7, 11) is 0. The van der Waals surface area contributed by atoms with Crippen molar-refractivity contribution >= 4 is 5.91 Å². The highest BCUT2D eigenvalue weighted by Gasteiger charge is 2.17. The second-order valence-corrected chi connectivity index (χ2v) is 16.8.